The van der Waals surface area contributed by atoms with Crippen LogP contribution in [0.3, 0.4) is 0 Å². The number of aliphatic carboxylic acids is 1. The Balaban J connectivity index is 2.46. The molecule has 2 rings (SSSR count). The van der Waals surface area contributed by atoms with Crippen molar-refractivity contribution in [2.75, 3.05) is 0 Å². The molecule has 1 heterocycles. The molecule has 1 atom stereocenters. The lowest BCUT2D eigenvalue weighted by Gasteiger charge is -2.19. The van der Waals surface area contributed by atoms with Gasteiger partial charge in [0.15, 0.2) is 0 Å². The van der Waals surface area contributed by atoms with Crippen molar-refractivity contribution in [3.05, 3.63) is 29.6 Å². The Hall–Kier alpha value is -1.84. The summed E-state index contributed by atoms with van der Waals surface area (Å²) in [4.78, 5) is 15.5. The lowest BCUT2D eigenvalue weighted by Crippen LogP contribution is -2.12. The predicted molar refractivity (Wildman–Crippen MR) is 75.3 cm³/mol. The summed E-state index contributed by atoms with van der Waals surface area (Å²) < 4.78 is 2.04. The van der Waals surface area contributed by atoms with Crippen molar-refractivity contribution in [1.82, 2.24) is 9.55 Å². The van der Waals surface area contributed by atoms with Gasteiger partial charge in [0.1, 0.15) is 5.82 Å². The highest BCUT2D eigenvalue weighted by Gasteiger charge is 2.20. The number of hydrogen-bond acceptors (Lipinski definition) is 2. The number of imidazole rings is 1. The van der Waals surface area contributed by atoms with E-state index >= 15 is 0 Å². The third kappa shape index (κ3) is 2.62. The monoisotopic (exact) mass is 260 g/mol. The molecule has 0 amide bonds. The molecule has 0 fully saturated rings. The fourth-order valence-electron chi connectivity index (χ4n) is 2.49. The SMILES string of the molecule is Cc1nc2cc(C(CC(=O)O)C(C)C)ccc2n1C. The van der Waals surface area contributed by atoms with Crippen LogP contribution in [0.5, 0.6) is 0 Å². The standard InChI is InChI=1S/C15H20N2O2/c1-9(2)12(8-15(18)19)11-5-6-14-13(7-11)16-10(3)17(14)4/h5-7,9,12H,8H2,1-4H3,(H,18,19). The van der Waals surface area contributed by atoms with Crippen LogP contribution >= 0.6 is 0 Å². The number of fused-ring (bicyclic) bond motifs is 1. The Labute approximate surface area is 113 Å². The fraction of sp³-hybridized carbons (Fsp3) is 0.467. The first-order valence-electron chi connectivity index (χ1n) is 6.55. The molecular weight excluding hydrogens is 240 g/mol. The Morgan fingerprint density at radius 1 is 1.42 bits per heavy atom. The largest absolute Gasteiger partial charge is 0.481 e. The highest BCUT2D eigenvalue weighted by molar-refractivity contribution is 5.77. The molecule has 1 aromatic heterocycles. The summed E-state index contributed by atoms with van der Waals surface area (Å²) >= 11 is 0. The molecule has 1 N–H and O–H groups in total. The molecule has 0 spiro atoms. The van der Waals surface area contributed by atoms with E-state index in [4.69, 9.17) is 5.11 Å². The Kier molecular flexibility index (Phi) is 3.60. The molecule has 0 bridgehead atoms. The summed E-state index contributed by atoms with van der Waals surface area (Å²) in [7, 11) is 1.99. The number of carboxylic acids is 1. The zero-order chi connectivity index (χ0) is 14.2. The van der Waals surface area contributed by atoms with Gasteiger partial charge in [-0.25, -0.2) is 4.98 Å². The number of aromatic nitrogens is 2. The van der Waals surface area contributed by atoms with E-state index in [2.05, 4.69) is 18.8 Å². The van der Waals surface area contributed by atoms with Gasteiger partial charge in [-0.05, 0) is 36.5 Å². The third-order valence-corrected chi connectivity index (χ3v) is 3.76. The number of rotatable bonds is 4. The normalized spacial score (nSPS) is 13.1. The summed E-state index contributed by atoms with van der Waals surface area (Å²) in [5, 5.41) is 9.04. The van der Waals surface area contributed by atoms with E-state index in [-0.39, 0.29) is 12.3 Å². The van der Waals surface area contributed by atoms with Gasteiger partial charge in [-0.1, -0.05) is 19.9 Å². The second-order valence-corrected chi connectivity index (χ2v) is 5.41. The number of carbonyl (C=O) groups is 1. The summed E-state index contributed by atoms with van der Waals surface area (Å²) in [6.45, 7) is 6.08. The van der Waals surface area contributed by atoms with Crippen molar-refractivity contribution in [2.24, 2.45) is 13.0 Å². The van der Waals surface area contributed by atoms with Crippen LogP contribution in [0, 0.1) is 12.8 Å². The zero-order valence-corrected chi connectivity index (χ0v) is 11.8. The van der Waals surface area contributed by atoms with Crippen LogP contribution < -0.4 is 0 Å². The van der Waals surface area contributed by atoms with Gasteiger partial charge in [-0.2, -0.15) is 0 Å². The van der Waals surface area contributed by atoms with Gasteiger partial charge in [0.2, 0.25) is 0 Å². The zero-order valence-electron chi connectivity index (χ0n) is 11.8. The first kappa shape index (κ1) is 13.6. The van der Waals surface area contributed by atoms with E-state index in [0.717, 1.165) is 22.4 Å². The minimum Gasteiger partial charge on any atom is -0.481 e. The van der Waals surface area contributed by atoms with E-state index in [9.17, 15) is 4.79 Å². The van der Waals surface area contributed by atoms with Crippen molar-refractivity contribution in [1.29, 1.82) is 0 Å². The molecule has 0 radical (unpaired) electrons. The van der Waals surface area contributed by atoms with Crippen molar-refractivity contribution in [2.45, 2.75) is 33.1 Å². The van der Waals surface area contributed by atoms with Gasteiger partial charge in [-0.3, -0.25) is 4.79 Å². The number of aryl methyl sites for hydroxylation is 2. The van der Waals surface area contributed by atoms with Crippen LogP contribution in [0.1, 0.15) is 37.6 Å². The van der Waals surface area contributed by atoms with E-state index in [1.807, 2.05) is 36.7 Å². The summed E-state index contributed by atoms with van der Waals surface area (Å²) in [6, 6.07) is 6.08. The van der Waals surface area contributed by atoms with Crippen LogP contribution in [0.25, 0.3) is 11.0 Å². The van der Waals surface area contributed by atoms with Crippen molar-refractivity contribution >= 4 is 17.0 Å². The van der Waals surface area contributed by atoms with Gasteiger partial charge >= 0.3 is 5.97 Å². The Bertz CT molecular complexity index is 614. The van der Waals surface area contributed by atoms with E-state index in [1.54, 1.807) is 0 Å². The number of carboxylic acid groups (broad SMARTS) is 1. The van der Waals surface area contributed by atoms with Gasteiger partial charge in [0.25, 0.3) is 0 Å². The van der Waals surface area contributed by atoms with Crippen LogP contribution in [0.4, 0.5) is 0 Å². The summed E-state index contributed by atoms with van der Waals surface area (Å²) in [5.74, 6) is 0.532. The molecule has 102 valence electrons. The van der Waals surface area contributed by atoms with Gasteiger partial charge in [0, 0.05) is 7.05 Å². The van der Waals surface area contributed by atoms with E-state index in [1.165, 1.54) is 0 Å². The van der Waals surface area contributed by atoms with Crippen LogP contribution in [-0.2, 0) is 11.8 Å². The molecule has 2 aromatic rings. The third-order valence-electron chi connectivity index (χ3n) is 3.76. The average molecular weight is 260 g/mol. The first-order chi connectivity index (χ1) is 8.90. The fourth-order valence-corrected chi connectivity index (χ4v) is 2.49. The quantitative estimate of drug-likeness (QED) is 0.919. The highest BCUT2D eigenvalue weighted by Crippen LogP contribution is 2.30. The second kappa shape index (κ2) is 5.03. The molecular formula is C15H20N2O2. The Morgan fingerprint density at radius 2 is 2.11 bits per heavy atom. The Morgan fingerprint density at radius 3 is 2.68 bits per heavy atom. The smallest absolute Gasteiger partial charge is 0.303 e. The van der Waals surface area contributed by atoms with Crippen LogP contribution in [0.2, 0.25) is 0 Å². The maximum absolute atomic E-state index is 11.0. The van der Waals surface area contributed by atoms with Crippen molar-refractivity contribution in [3.8, 4) is 0 Å². The lowest BCUT2D eigenvalue weighted by molar-refractivity contribution is -0.137. The second-order valence-electron chi connectivity index (χ2n) is 5.41. The van der Waals surface area contributed by atoms with Gasteiger partial charge in [-0.15, -0.1) is 0 Å². The maximum atomic E-state index is 11.0. The highest BCUT2D eigenvalue weighted by atomic mass is 16.4. The molecule has 0 aliphatic rings. The van der Waals surface area contributed by atoms with E-state index in [0.29, 0.717) is 5.92 Å². The molecule has 4 heteroatoms. The molecule has 0 aliphatic carbocycles. The molecule has 4 nitrogen and oxygen atoms in total. The lowest BCUT2D eigenvalue weighted by atomic mass is 9.85. The molecule has 1 aromatic carbocycles. The average Bonchev–Trinajstić information content (AvgIpc) is 2.61. The minimum absolute atomic E-state index is 0.0317. The predicted octanol–water partition coefficient (Wildman–Crippen LogP) is 3.10. The molecule has 0 saturated carbocycles. The maximum Gasteiger partial charge on any atom is 0.303 e. The number of nitrogens with zero attached hydrogens (tertiary/aromatic N) is 2. The van der Waals surface area contributed by atoms with E-state index < -0.39 is 5.97 Å². The van der Waals surface area contributed by atoms with Crippen LogP contribution in [0.15, 0.2) is 18.2 Å². The molecule has 0 saturated heterocycles. The number of hydrogen-bond donors (Lipinski definition) is 1. The van der Waals surface area contributed by atoms with Crippen molar-refractivity contribution < 1.29 is 9.90 Å². The number of benzene rings is 1. The van der Waals surface area contributed by atoms with Gasteiger partial charge < -0.3 is 9.67 Å². The minimum atomic E-state index is -0.754. The topological polar surface area (TPSA) is 55.1 Å². The van der Waals surface area contributed by atoms with Crippen molar-refractivity contribution in [3.63, 3.8) is 0 Å². The molecule has 1 unspecified atom stereocenters. The summed E-state index contributed by atoms with van der Waals surface area (Å²) in [5.41, 5.74) is 3.08. The summed E-state index contributed by atoms with van der Waals surface area (Å²) in [6.07, 6.45) is 0.162. The van der Waals surface area contributed by atoms with Gasteiger partial charge in [0.05, 0.1) is 17.5 Å². The van der Waals surface area contributed by atoms with Crippen LogP contribution in [-0.4, -0.2) is 20.6 Å². The molecule has 19 heavy (non-hydrogen) atoms. The first-order valence-corrected chi connectivity index (χ1v) is 6.55. The molecule has 0 aliphatic heterocycles.